The SMILES string of the molecule is Cc1ccc(Cl)cc1-c1[nH]nc(N)c1-c1ccccc1Cl. The van der Waals surface area contributed by atoms with E-state index in [9.17, 15) is 0 Å². The van der Waals surface area contributed by atoms with Gasteiger partial charge in [0.25, 0.3) is 0 Å². The predicted octanol–water partition coefficient (Wildman–Crippen LogP) is 4.94. The zero-order valence-corrected chi connectivity index (χ0v) is 12.8. The number of hydrogen-bond donors (Lipinski definition) is 2. The molecule has 0 saturated heterocycles. The quantitative estimate of drug-likeness (QED) is 0.703. The third kappa shape index (κ3) is 2.50. The fraction of sp³-hybridized carbons (Fsp3) is 0.0625. The highest BCUT2D eigenvalue weighted by atomic mass is 35.5. The number of nitrogens with two attached hydrogens (primary N) is 1. The number of hydrogen-bond acceptors (Lipinski definition) is 2. The largest absolute Gasteiger partial charge is 0.382 e. The lowest BCUT2D eigenvalue weighted by molar-refractivity contribution is 1.10. The summed E-state index contributed by atoms with van der Waals surface area (Å²) in [5, 5.41) is 8.42. The van der Waals surface area contributed by atoms with E-state index < -0.39 is 0 Å². The average Bonchev–Trinajstić information content (AvgIpc) is 2.84. The van der Waals surface area contributed by atoms with Crippen LogP contribution in [0.5, 0.6) is 0 Å². The van der Waals surface area contributed by atoms with Crippen molar-refractivity contribution < 1.29 is 0 Å². The lowest BCUT2D eigenvalue weighted by atomic mass is 9.98. The lowest BCUT2D eigenvalue weighted by Gasteiger charge is -2.09. The van der Waals surface area contributed by atoms with Crippen molar-refractivity contribution in [2.75, 3.05) is 5.73 Å². The summed E-state index contributed by atoms with van der Waals surface area (Å²) in [5.74, 6) is 0.414. The molecule has 5 heteroatoms. The van der Waals surface area contributed by atoms with E-state index in [1.807, 2.05) is 49.4 Å². The maximum Gasteiger partial charge on any atom is 0.153 e. The van der Waals surface area contributed by atoms with Gasteiger partial charge in [-0.05, 0) is 30.7 Å². The zero-order chi connectivity index (χ0) is 15.0. The Kier molecular flexibility index (Phi) is 3.62. The number of halogens is 2. The van der Waals surface area contributed by atoms with E-state index in [0.717, 1.165) is 27.9 Å². The zero-order valence-electron chi connectivity index (χ0n) is 11.3. The van der Waals surface area contributed by atoms with Crippen molar-refractivity contribution in [3.8, 4) is 22.4 Å². The van der Waals surface area contributed by atoms with Crippen molar-refractivity contribution in [1.29, 1.82) is 0 Å². The van der Waals surface area contributed by atoms with E-state index in [1.54, 1.807) is 0 Å². The van der Waals surface area contributed by atoms with Gasteiger partial charge in [0.15, 0.2) is 5.82 Å². The first-order valence-corrected chi connectivity index (χ1v) is 7.19. The van der Waals surface area contributed by atoms with Crippen LogP contribution in [-0.2, 0) is 0 Å². The van der Waals surface area contributed by atoms with Crippen LogP contribution in [0.15, 0.2) is 42.5 Å². The fourth-order valence-corrected chi connectivity index (χ4v) is 2.75. The Bertz CT molecular complexity index is 809. The minimum absolute atomic E-state index is 0.414. The van der Waals surface area contributed by atoms with Crippen molar-refractivity contribution in [2.45, 2.75) is 6.92 Å². The van der Waals surface area contributed by atoms with Crippen LogP contribution < -0.4 is 5.73 Å². The van der Waals surface area contributed by atoms with Gasteiger partial charge in [0.05, 0.1) is 11.3 Å². The Hall–Kier alpha value is -1.97. The van der Waals surface area contributed by atoms with E-state index >= 15 is 0 Å². The molecule has 21 heavy (non-hydrogen) atoms. The molecular weight excluding hydrogens is 305 g/mol. The molecule has 1 aromatic heterocycles. The molecule has 0 aliphatic carbocycles. The van der Waals surface area contributed by atoms with Gasteiger partial charge in [0.1, 0.15) is 0 Å². The number of aromatic nitrogens is 2. The fourth-order valence-electron chi connectivity index (χ4n) is 2.35. The van der Waals surface area contributed by atoms with Crippen LogP contribution in [0.1, 0.15) is 5.56 Å². The first-order chi connectivity index (χ1) is 10.1. The Balaban J connectivity index is 2.27. The summed E-state index contributed by atoms with van der Waals surface area (Å²) in [6.45, 7) is 2.01. The lowest BCUT2D eigenvalue weighted by Crippen LogP contribution is -1.90. The van der Waals surface area contributed by atoms with Crippen molar-refractivity contribution in [3.05, 3.63) is 58.1 Å². The van der Waals surface area contributed by atoms with Crippen molar-refractivity contribution >= 4 is 29.0 Å². The molecule has 0 amide bonds. The van der Waals surface area contributed by atoms with Crippen LogP contribution in [0.25, 0.3) is 22.4 Å². The Morgan fingerprint density at radius 1 is 1.05 bits per heavy atom. The smallest absolute Gasteiger partial charge is 0.153 e. The topological polar surface area (TPSA) is 54.7 Å². The van der Waals surface area contributed by atoms with Crippen molar-refractivity contribution in [1.82, 2.24) is 10.2 Å². The van der Waals surface area contributed by atoms with Crippen LogP contribution in [0.2, 0.25) is 10.0 Å². The number of nitrogen functional groups attached to an aromatic ring is 1. The van der Waals surface area contributed by atoms with Crippen LogP contribution in [-0.4, -0.2) is 10.2 Å². The van der Waals surface area contributed by atoms with E-state index in [1.165, 1.54) is 0 Å². The summed E-state index contributed by atoms with van der Waals surface area (Å²) >= 11 is 12.4. The molecule has 0 radical (unpaired) electrons. The standard InChI is InChI=1S/C16H13Cl2N3/c1-9-6-7-10(17)8-12(9)15-14(16(19)21-20-15)11-4-2-3-5-13(11)18/h2-8H,1H3,(H3,19,20,21). The molecular formula is C16H13Cl2N3. The molecule has 1 heterocycles. The normalized spacial score (nSPS) is 10.8. The molecule has 3 aromatic rings. The Morgan fingerprint density at radius 2 is 1.81 bits per heavy atom. The number of aromatic amines is 1. The second kappa shape index (κ2) is 5.43. The van der Waals surface area contributed by atoms with E-state index in [0.29, 0.717) is 15.9 Å². The highest BCUT2D eigenvalue weighted by Gasteiger charge is 2.18. The predicted molar refractivity (Wildman–Crippen MR) is 88.6 cm³/mol. The van der Waals surface area contributed by atoms with E-state index in [4.69, 9.17) is 28.9 Å². The van der Waals surface area contributed by atoms with Gasteiger partial charge in [-0.15, -0.1) is 0 Å². The van der Waals surface area contributed by atoms with Crippen molar-refractivity contribution in [2.24, 2.45) is 0 Å². The second-order valence-electron chi connectivity index (χ2n) is 4.80. The molecule has 3 N–H and O–H groups in total. The molecule has 0 aliphatic heterocycles. The monoisotopic (exact) mass is 317 g/mol. The number of anilines is 1. The van der Waals surface area contributed by atoms with Gasteiger partial charge in [-0.3, -0.25) is 5.10 Å². The van der Waals surface area contributed by atoms with Crippen LogP contribution >= 0.6 is 23.2 Å². The van der Waals surface area contributed by atoms with Gasteiger partial charge < -0.3 is 5.73 Å². The molecule has 0 spiro atoms. The summed E-state index contributed by atoms with van der Waals surface area (Å²) in [6.07, 6.45) is 0. The third-order valence-electron chi connectivity index (χ3n) is 3.41. The summed E-state index contributed by atoms with van der Waals surface area (Å²) in [4.78, 5) is 0. The third-order valence-corrected chi connectivity index (χ3v) is 3.97. The minimum Gasteiger partial charge on any atom is -0.382 e. The van der Waals surface area contributed by atoms with Gasteiger partial charge in [0, 0.05) is 21.2 Å². The van der Waals surface area contributed by atoms with Gasteiger partial charge in [-0.2, -0.15) is 5.10 Å². The number of H-pyrrole nitrogens is 1. The molecule has 0 saturated carbocycles. The van der Waals surface area contributed by atoms with Crippen LogP contribution in [0.3, 0.4) is 0 Å². The number of nitrogens with zero attached hydrogens (tertiary/aromatic N) is 1. The number of rotatable bonds is 2. The highest BCUT2D eigenvalue weighted by molar-refractivity contribution is 6.33. The maximum absolute atomic E-state index is 6.29. The summed E-state index contributed by atoms with van der Waals surface area (Å²) in [5.41, 5.74) is 10.5. The van der Waals surface area contributed by atoms with Crippen LogP contribution in [0, 0.1) is 6.92 Å². The van der Waals surface area contributed by atoms with E-state index in [2.05, 4.69) is 10.2 Å². The average molecular weight is 318 g/mol. The van der Waals surface area contributed by atoms with E-state index in [-0.39, 0.29) is 0 Å². The first kappa shape index (κ1) is 14.0. The Labute approximate surface area is 132 Å². The summed E-state index contributed by atoms with van der Waals surface area (Å²) in [7, 11) is 0. The minimum atomic E-state index is 0.414. The van der Waals surface area contributed by atoms with Gasteiger partial charge >= 0.3 is 0 Å². The number of nitrogens with one attached hydrogen (secondary N) is 1. The molecule has 106 valence electrons. The molecule has 0 aliphatic rings. The molecule has 0 bridgehead atoms. The second-order valence-corrected chi connectivity index (χ2v) is 5.64. The maximum atomic E-state index is 6.29. The molecule has 0 unspecified atom stereocenters. The number of aryl methyl sites for hydroxylation is 1. The molecule has 2 aromatic carbocycles. The molecule has 0 atom stereocenters. The summed E-state index contributed by atoms with van der Waals surface area (Å²) < 4.78 is 0. The van der Waals surface area contributed by atoms with Crippen LogP contribution in [0.4, 0.5) is 5.82 Å². The van der Waals surface area contributed by atoms with Gasteiger partial charge in [-0.1, -0.05) is 47.5 Å². The Morgan fingerprint density at radius 3 is 2.57 bits per heavy atom. The number of benzene rings is 2. The highest BCUT2D eigenvalue weighted by Crippen LogP contribution is 2.39. The summed E-state index contributed by atoms with van der Waals surface area (Å²) in [6, 6.07) is 13.3. The molecule has 3 rings (SSSR count). The van der Waals surface area contributed by atoms with Crippen molar-refractivity contribution in [3.63, 3.8) is 0 Å². The molecule has 0 fully saturated rings. The van der Waals surface area contributed by atoms with Gasteiger partial charge in [0.2, 0.25) is 0 Å². The molecule has 3 nitrogen and oxygen atoms in total. The van der Waals surface area contributed by atoms with Gasteiger partial charge in [-0.25, -0.2) is 0 Å². The first-order valence-electron chi connectivity index (χ1n) is 6.43.